The first-order valence-electron chi connectivity index (χ1n) is 7.68. The Balaban J connectivity index is 0.00000264. The predicted octanol–water partition coefficient (Wildman–Crippen LogP) is 1.70. The first-order chi connectivity index (χ1) is 10.5. The summed E-state index contributed by atoms with van der Waals surface area (Å²) in [6, 6.07) is 8.97. The number of amides is 1. The molecule has 1 aliphatic rings. The molecule has 1 saturated heterocycles. The van der Waals surface area contributed by atoms with Gasteiger partial charge in [-0.3, -0.25) is 4.79 Å². The molecule has 1 heterocycles. The molecular formula is C17H25ClN2O3. The zero-order valence-corrected chi connectivity index (χ0v) is 14.4. The lowest BCUT2D eigenvalue weighted by Crippen LogP contribution is -2.53. The van der Waals surface area contributed by atoms with Gasteiger partial charge in [-0.25, -0.2) is 4.79 Å². The fraction of sp³-hybridized carbons (Fsp3) is 0.529. The first kappa shape index (κ1) is 19.5. The van der Waals surface area contributed by atoms with E-state index in [0.29, 0.717) is 13.0 Å². The lowest BCUT2D eigenvalue weighted by atomic mass is 9.81. The Hall–Kier alpha value is -1.59. The van der Waals surface area contributed by atoms with Gasteiger partial charge in [-0.1, -0.05) is 30.3 Å². The van der Waals surface area contributed by atoms with Gasteiger partial charge < -0.3 is 15.4 Å². The van der Waals surface area contributed by atoms with Gasteiger partial charge in [-0.15, -0.1) is 12.4 Å². The Labute approximate surface area is 143 Å². The van der Waals surface area contributed by atoms with Crippen molar-refractivity contribution in [1.29, 1.82) is 0 Å². The summed E-state index contributed by atoms with van der Waals surface area (Å²) in [6.45, 7) is 3.51. The van der Waals surface area contributed by atoms with Gasteiger partial charge in [0.25, 0.3) is 0 Å². The average molecular weight is 341 g/mol. The van der Waals surface area contributed by atoms with E-state index >= 15 is 0 Å². The summed E-state index contributed by atoms with van der Waals surface area (Å²) >= 11 is 0. The molecule has 0 aromatic heterocycles. The van der Waals surface area contributed by atoms with Crippen LogP contribution in [-0.2, 0) is 20.7 Å². The highest BCUT2D eigenvalue weighted by atomic mass is 35.5. The molecule has 1 aromatic carbocycles. The van der Waals surface area contributed by atoms with Gasteiger partial charge in [0, 0.05) is 13.0 Å². The van der Waals surface area contributed by atoms with E-state index in [4.69, 9.17) is 4.74 Å². The van der Waals surface area contributed by atoms with Crippen molar-refractivity contribution in [2.45, 2.75) is 32.2 Å². The van der Waals surface area contributed by atoms with E-state index in [1.54, 1.807) is 0 Å². The minimum Gasteiger partial charge on any atom is -0.467 e. The molecule has 5 nitrogen and oxygen atoms in total. The summed E-state index contributed by atoms with van der Waals surface area (Å²) in [5.41, 5.74) is 0.520. The van der Waals surface area contributed by atoms with Crippen molar-refractivity contribution in [2.24, 2.45) is 5.41 Å². The number of carbonyl (C=O) groups excluding carboxylic acids is 2. The van der Waals surface area contributed by atoms with Gasteiger partial charge in [0.05, 0.1) is 12.5 Å². The maximum Gasteiger partial charge on any atom is 0.328 e. The number of halogens is 1. The van der Waals surface area contributed by atoms with Crippen LogP contribution >= 0.6 is 12.4 Å². The van der Waals surface area contributed by atoms with Crippen LogP contribution in [0.1, 0.15) is 25.3 Å². The highest BCUT2D eigenvalue weighted by molar-refractivity contribution is 5.88. The monoisotopic (exact) mass is 340 g/mol. The van der Waals surface area contributed by atoms with Crippen molar-refractivity contribution in [3.63, 3.8) is 0 Å². The Morgan fingerprint density at radius 3 is 2.61 bits per heavy atom. The van der Waals surface area contributed by atoms with Crippen molar-refractivity contribution in [2.75, 3.05) is 20.2 Å². The summed E-state index contributed by atoms with van der Waals surface area (Å²) in [7, 11) is 1.34. The summed E-state index contributed by atoms with van der Waals surface area (Å²) in [5, 5.41) is 6.12. The number of piperidine rings is 1. The molecule has 0 radical (unpaired) electrons. The van der Waals surface area contributed by atoms with Crippen molar-refractivity contribution < 1.29 is 14.3 Å². The van der Waals surface area contributed by atoms with Crippen LogP contribution in [0.4, 0.5) is 0 Å². The zero-order valence-electron chi connectivity index (χ0n) is 13.6. The molecule has 0 spiro atoms. The number of rotatable bonds is 5. The van der Waals surface area contributed by atoms with Crippen LogP contribution in [0.15, 0.2) is 30.3 Å². The van der Waals surface area contributed by atoms with Gasteiger partial charge >= 0.3 is 5.97 Å². The summed E-state index contributed by atoms with van der Waals surface area (Å²) in [6.07, 6.45) is 2.22. The zero-order chi connectivity index (χ0) is 16.0. The molecule has 2 atom stereocenters. The van der Waals surface area contributed by atoms with Gasteiger partial charge in [0.1, 0.15) is 6.04 Å². The van der Waals surface area contributed by atoms with Crippen molar-refractivity contribution in [1.82, 2.24) is 10.6 Å². The molecule has 0 bridgehead atoms. The average Bonchev–Trinajstić information content (AvgIpc) is 2.55. The van der Waals surface area contributed by atoms with E-state index in [-0.39, 0.29) is 18.3 Å². The number of carbonyl (C=O) groups is 2. The third kappa shape index (κ3) is 5.22. The van der Waals surface area contributed by atoms with E-state index < -0.39 is 17.4 Å². The van der Waals surface area contributed by atoms with Gasteiger partial charge in [0.15, 0.2) is 0 Å². The standard InChI is InChI=1S/C17H24N2O3.ClH/c1-17(9-6-10-18-12-17)16(21)19-14(15(20)22-2)11-13-7-4-3-5-8-13;/h3-5,7-8,14,18H,6,9-12H2,1-2H3,(H,19,21);1H. The Morgan fingerprint density at radius 1 is 1.35 bits per heavy atom. The summed E-state index contributed by atoms with van der Waals surface area (Å²) < 4.78 is 4.84. The molecule has 2 rings (SSSR count). The summed E-state index contributed by atoms with van der Waals surface area (Å²) in [4.78, 5) is 24.6. The SMILES string of the molecule is COC(=O)C(Cc1ccccc1)NC(=O)C1(C)CCCNC1.Cl. The number of hydrogen-bond donors (Lipinski definition) is 2. The van der Waals surface area contributed by atoms with E-state index in [0.717, 1.165) is 24.9 Å². The maximum absolute atomic E-state index is 12.6. The maximum atomic E-state index is 12.6. The molecule has 0 aliphatic carbocycles. The van der Waals surface area contributed by atoms with Crippen molar-refractivity contribution in [3.8, 4) is 0 Å². The highest BCUT2D eigenvalue weighted by Gasteiger charge is 2.36. The second-order valence-corrected chi connectivity index (χ2v) is 6.08. The van der Waals surface area contributed by atoms with E-state index in [2.05, 4.69) is 10.6 Å². The van der Waals surface area contributed by atoms with Crippen LogP contribution in [-0.4, -0.2) is 38.1 Å². The topological polar surface area (TPSA) is 67.4 Å². The highest BCUT2D eigenvalue weighted by Crippen LogP contribution is 2.25. The molecule has 1 fully saturated rings. The molecule has 0 saturated carbocycles. The molecule has 2 N–H and O–H groups in total. The molecule has 23 heavy (non-hydrogen) atoms. The molecule has 2 unspecified atom stereocenters. The Morgan fingerprint density at radius 2 is 2.04 bits per heavy atom. The second kappa shape index (κ2) is 8.89. The third-order valence-electron chi connectivity index (χ3n) is 4.22. The molecule has 1 amide bonds. The number of benzene rings is 1. The number of nitrogens with one attached hydrogen (secondary N) is 2. The summed E-state index contributed by atoms with van der Waals surface area (Å²) in [5.74, 6) is -0.504. The predicted molar refractivity (Wildman–Crippen MR) is 91.6 cm³/mol. The van der Waals surface area contributed by atoms with Gasteiger partial charge in [0.2, 0.25) is 5.91 Å². The van der Waals surface area contributed by atoms with Crippen LogP contribution in [0.2, 0.25) is 0 Å². The van der Waals surface area contributed by atoms with Crippen molar-refractivity contribution in [3.05, 3.63) is 35.9 Å². The molecule has 1 aromatic rings. The van der Waals surface area contributed by atoms with Crippen LogP contribution in [0.25, 0.3) is 0 Å². The molecule has 6 heteroatoms. The largest absolute Gasteiger partial charge is 0.467 e. The number of esters is 1. The molecule has 128 valence electrons. The number of methoxy groups -OCH3 is 1. The normalized spacial score (nSPS) is 21.7. The van der Waals surface area contributed by atoms with Gasteiger partial charge in [-0.05, 0) is 31.9 Å². The van der Waals surface area contributed by atoms with E-state index in [1.807, 2.05) is 37.3 Å². The number of ether oxygens (including phenoxy) is 1. The number of hydrogen-bond acceptors (Lipinski definition) is 4. The fourth-order valence-corrected chi connectivity index (χ4v) is 2.77. The lowest BCUT2D eigenvalue weighted by molar-refractivity contribution is -0.146. The smallest absolute Gasteiger partial charge is 0.328 e. The van der Waals surface area contributed by atoms with Crippen LogP contribution in [0.3, 0.4) is 0 Å². The van der Waals surface area contributed by atoms with Gasteiger partial charge in [-0.2, -0.15) is 0 Å². The van der Waals surface area contributed by atoms with Crippen LogP contribution in [0.5, 0.6) is 0 Å². The third-order valence-corrected chi connectivity index (χ3v) is 4.22. The molecule has 1 aliphatic heterocycles. The van der Waals surface area contributed by atoms with Crippen LogP contribution < -0.4 is 10.6 Å². The Bertz CT molecular complexity index is 516. The van der Waals surface area contributed by atoms with Crippen molar-refractivity contribution >= 4 is 24.3 Å². The second-order valence-electron chi connectivity index (χ2n) is 6.08. The van der Waals surface area contributed by atoms with Crippen LogP contribution in [0, 0.1) is 5.41 Å². The first-order valence-corrected chi connectivity index (χ1v) is 7.68. The fourth-order valence-electron chi connectivity index (χ4n) is 2.77. The minimum absolute atomic E-state index is 0. The lowest BCUT2D eigenvalue weighted by Gasteiger charge is -2.33. The molecular weight excluding hydrogens is 316 g/mol. The van der Waals surface area contributed by atoms with E-state index in [9.17, 15) is 9.59 Å². The minimum atomic E-state index is -0.654. The quantitative estimate of drug-likeness (QED) is 0.801. The Kier molecular flexibility index (Phi) is 7.52. The van der Waals surface area contributed by atoms with E-state index in [1.165, 1.54) is 7.11 Å².